The summed E-state index contributed by atoms with van der Waals surface area (Å²) in [5.74, 6) is -0.174. The Morgan fingerprint density at radius 3 is 2.51 bits per heavy atom. The lowest BCUT2D eigenvalue weighted by Crippen LogP contribution is -2.46. The van der Waals surface area contributed by atoms with Crippen LogP contribution in [0.3, 0.4) is 0 Å². The van der Waals surface area contributed by atoms with Crippen LogP contribution in [-0.4, -0.2) is 94.8 Å². The zero-order valence-corrected chi connectivity index (χ0v) is 34.4. The van der Waals surface area contributed by atoms with Crippen LogP contribution in [0, 0.1) is 0 Å². The Bertz CT molecular complexity index is 2620. The molecular formula is C43H49F2N11O5. The van der Waals surface area contributed by atoms with Gasteiger partial charge in [0.15, 0.2) is 5.82 Å². The average Bonchev–Trinajstić information content (AvgIpc) is 3.93. The number of carbonyl (C=O) groups excluding carboxylic acids is 4. The number of nitrogens with zero attached hydrogens (tertiary/aromatic N) is 9. The molecule has 2 N–H and O–H groups in total. The van der Waals surface area contributed by atoms with Crippen molar-refractivity contribution < 1.29 is 28.0 Å². The van der Waals surface area contributed by atoms with Crippen LogP contribution >= 0.6 is 0 Å². The maximum atomic E-state index is 14.7. The zero-order valence-electron chi connectivity index (χ0n) is 34.4. The Labute approximate surface area is 350 Å². The molecule has 0 aliphatic carbocycles. The van der Waals surface area contributed by atoms with Crippen molar-refractivity contribution in [2.45, 2.75) is 89.5 Å². The van der Waals surface area contributed by atoms with Gasteiger partial charge < -0.3 is 19.9 Å². The molecule has 5 aromatic rings. The molecule has 9 rings (SSSR count). The van der Waals surface area contributed by atoms with Crippen molar-refractivity contribution >= 4 is 52.2 Å². The van der Waals surface area contributed by atoms with Crippen molar-refractivity contribution in [2.75, 3.05) is 36.4 Å². The summed E-state index contributed by atoms with van der Waals surface area (Å²) in [5.41, 5.74) is 6.29. The van der Waals surface area contributed by atoms with E-state index in [0.29, 0.717) is 78.5 Å². The molecule has 2 saturated heterocycles. The maximum Gasteiger partial charge on any atom is 0.329 e. The molecule has 0 bridgehead atoms. The molecule has 0 spiro atoms. The molecule has 4 aliphatic heterocycles. The first-order valence-electron chi connectivity index (χ1n) is 21.0. The summed E-state index contributed by atoms with van der Waals surface area (Å²) in [6, 6.07) is 8.19. The van der Waals surface area contributed by atoms with Gasteiger partial charge in [-0.3, -0.25) is 43.1 Å². The van der Waals surface area contributed by atoms with E-state index in [9.17, 15) is 32.8 Å². The first-order valence-corrected chi connectivity index (χ1v) is 21.0. The van der Waals surface area contributed by atoms with Crippen molar-refractivity contribution in [1.82, 2.24) is 43.8 Å². The topological polar surface area (TPSA) is 165 Å². The summed E-state index contributed by atoms with van der Waals surface area (Å²) in [6.07, 6.45) is 5.48. The molecule has 0 radical (unpaired) electrons. The summed E-state index contributed by atoms with van der Waals surface area (Å²) < 4.78 is 36.1. The second-order valence-electron chi connectivity index (χ2n) is 16.6. The molecule has 16 nitrogen and oxygen atoms in total. The number of amides is 3. The van der Waals surface area contributed by atoms with Gasteiger partial charge in [0.2, 0.25) is 17.7 Å². The van der Waals surface area contributed by atoms with Gasteiger partial charge in [-0.05, 0) is 73.6 Å². The molecular weight excluding hydrogens is 789 g/mol. The smallest absolute Gasteiger partial charge is 0.329 e. The molecule has 4 aliphatic rings. The zero-order chi connectivity index (χ0) is 42.7. The quantitative estimate of drug-likeness (QED) is 0.151. The lowest BCUT2D eigenvalue weighted by Gasteiger charge is -2.38. The molecule has 3 aromatic heterocycles. The van der Waals surface area contributed by atoms with Gasteiger partial charge in [-0.2, -0.15) is 10.2 Å². The highest BCUT2D eigenvalue weighted by atomic mass is 19.3. The van der Waals surface area contributed by atoms with Crippen LogP contribution in [0.15, 0.2) is 47.5 Å². The molecule has 18 heteroatoms. The van der Waals surface area contributed by atoms with E-state index < -0.39 is 18.4 Å². The molecule has 0 saturated carbocycles. The van der Waals surface area contributed by atoms with Crippen molar-refractivity contribution in [1.29, 1.82) is 0 Å². The number of halogens is 2. The number of rotatable bonds is 10. The summed E-state index contributed by atoms with van der Waals surface area (Å²) >= 11 is 0. The van der Waals surface area contributed by atoms with E-state index in [0.717, 1.165) is 48.8 Å². The standard InChI is InChI=1S/C43H49F2N11O5/c1-25(58)53-17-12-33-32(24-53)41(54-14-4-5-26-19-30(27-22-46-50(2)23-27)31(40(44)45)21-36(26)54)49-56(33)29-10-15-52(16-11-29)38(13-18-57)47-28-6-7-34-37(20-28)51(3)43(61)55(34)35-8-9-39(59)48-42(35)60/h6-7,18-23,29,35,38,40,47H,4-5,8-17,24H2,1-3H3,(H,48,59,60). The van der Waals surface area contributed by atoms with E-state index >= 15 is 0 Å². The third-order valence-electron chi connectivity index (χ3n) is 12.9. The number of likely N-dealkylation sites (tertiary alicyclic amines) is 1. The molecule has 2 atom stereocenters. The van der Waals surface area contributed by atoms with Crippen LogP contribution in [-0.2, 0) is 52.7 Å². The van der Waals surface area contributed by atoms with Gasteiger partial charge in [-0.1, -0.05) is 0 Å². The number of aldehydes is 1. The highest BCUT2D eigenvalue weighted by Crippen LogP contribution is 2.44. The van der Waals surface area contributed by atoms with Crippen LogP contribution in [0.5, 0.6) is 0 Å². The minimum atomic E-state index is -2.70. The number of carbonyl (C=O) groups is 4. The molecule has 2 aromatic carbocycles. The Morgan fingerprint density at radius 2 is 1.80 bits per heavy atom. The van der Waals surface area contributed by atoms with Crippen molar-refractivity contribution in [3.8, 4) is 11.1 Å². The average molecular weight is 838 g/mol. The lowest BCUT2D eigenvalue weighted by molar-refractivity contribution is -0.136. The highest BCUT2D eigenvalue weighted by molar-refractivity contribution is 6.00. The van der Waals surface area contributed by atoms with Gasteiger partial charge in [0.05, 0.1) is 36.0 Å². The normalized spacial score (nSPS) is 19.3. The summed E-state index contributed by atoms with van der Waals surface area (Å²) in [5, 5.41) is 15.4. The van der Waals surface area contributed by atoms with Crippen LogP contribution in [0.25, 0.3) is 22.2 Å². The van der Waals surface area contributed by atoms with Crippen LogP contribution in [0.4, 0.5) is 26.0 Å². The number of alkyl halides is 2. The van der Waals surface area contributed by atoms with E-state index in [2.05, 4.69) is 30.2 Å². The number of benzene rings is 2. The van der Waals surface area contributed by atoms with Crippen LogP contribution < -0.4 is 21.2 Å². The van der Waals surface area contributed by atoms with Gasteiger partial charge in [0.1, 0.15) is 12.3 Å². The first-order chi connectivity index (χ1) is 29.4. The van der Waals surface area contributed by atoms with Crippen molar-refractivity contribution in [3.63, 3.8) is 0 Å². The van der Waals surface area contributed by atoms with Gasteiger partial charge in [-0.15, -0.1) is 0 Å². The van der Waals surface area contributed by atoms with Crippen LogP contribution in [0.2, 0.25) is 0 Å². The minimum absolute atomic E-state index is 0.0280. The molecule has 2 fully saturated rings. The largest absolute Gasteiger partial charge is 0.369 e. The molecule has 2 unspecified atom stereocenters. The summed E-state index contributed by atoms with van der Waals surface area (Å²) in [6.45, 7) is 4.44. The van der Waals surface area contributed by atoms with E-state index in [-0.39, 0.29) is 54.5 Å². The Morgan fingerprint density at radius 1 is 1.00 bits per heavy atom. The second kappa shape index (κ2) is 16.0. The SMILES string of the molecule is CC(=O)N1CCc2c(c(N3CCCc4cc(-c5cnn(C)c5)c(C(F)F)cc43)nn2C2CCN(C(CC=O)Nc3ccc4c(c3)n(C)c(=O)n4C3CCC(=O)NC3=O)CC2)C1. The molecule has 3 amide bonds. The predicted molar refractivity (Wildman–Crippen MR) is 222 cm³/mol. The van der Waals surface area contributed by atoms with Crippen molar-refractivity contribution in [2.24, 2.45) is 14.1 Å². The number of piperidine rings is 2. The monoisotopic (exact) mass is 837 g/mol. The minimum Gasteiger partial charge on any atom is -0.369 e. The number of anilines is 3. The Balaban J connectivity index is 0.973. The number of nitrogens with one attached hydrogen (secondary N) is 2. The molecule has 7 heterocycles. The third kappa shape index (κ3) is 7.29. The number of fused-ring (bicyclic) bond motifs is 3. The maximum absolute atomic E-state index is 14.7. The fraction of sp³-hybridized carbons (Fsp3) is 0.465. The van der Waals surface area contributed by atoms with Crippen LogP contribution in [0.1, 0.15) is 86.3 Å². The fourth-order valence-electron chi connectivity index (χ4n) is 9.78. The Hall–Kier alpha value is -6.17. The van der Waals surface area contributed by atoms with E-state index in [4.69, 9.17) is 5.10 Å². The molecule has 320 valence electrons. The number of aryl methyl sites for hydroxylation is 3. The number of imide groups is 1. The number of aromatic nitrogens is 6. The Kier molecular flexibility index (Phi) is 10.6. The summed E-state index contributed by atoms with van der Waals surface area (Å²) in [7, 11) is 3.41. The number of hydrogen-bond acceptors (Lipinski definition) is 10. The predicted octanol–water partition coefficient (Wildman–Crippen LogP) is 4.51. The van der Waals surface area contributed by atoms with Crippen molar-refractivity contribution in [3.05, 3.63) is 75.6 Å². The van der Waals surface area contributed by atoms with E-state index in [1.807, 2.05) is 23.1 Å². The fourth-order valence-corrected chi connectivity index (χ4v) is 9.78. The highest BCUT2D eigenvalue weighted by Gasteiger charge is 2.36. The lowest BCUT2D eigenvalue weighted by atomic mass is 9.92. The second-order valence-corrected chi connectivity index (χ2v) is 16.6. The van der Waals surface area contributed by atoms with E-state index in [1.165, 1.54) is 9.13 Å². The van der Waals surface area contributed by atoms with Gasteiger partial charge >= 0.3 is 5.69 Å². The van der Waals surface area contributed by atoms with Gasteiger partial charge in [0.25, 0.3) is 6.43 Å². The first kappa shape index (κ1) is 40.2. The molecule has 61 heavy (non-hydrogen) atoms. The number of imidazole rings is 1. The third-order valence-corrected chi connectivity index (χ3v) is 12.9. The van der Waals surface area contributed by atoms with E-state index in [1.54, 1.807) is 50.2 Å². The summed E-state index contributed by atoms with van der Waals surface area (Å²) in [4.78, 5) is 68.7. The number of hydrogen-bond donors (Lipinski definition) is 2. The van der Waals surface area contributed by atoms with Gasteiger partial charge in [-0.25, -0.2) is 13.6 Å². The van der Waals surface area contributed by atoms with Gasteiger partial charge in [0, 0.05) is 106 Å².